The van der Waals surface area contributed by atoms with Gasteiger partial charge in [-0.15, -0.1) is 0 Å². The Bertz CT molecular complexity index is 1930. The number of fused-ring (bicyclic) bond motifs is 1. The average molecular weight is 647 g/mol. The SMILES string of the molecule is O=C(Cc1ccccc1)Oc1c(Sc2ccccc2)c(Sc2ccccc2)c(OC(=O)Cc2ccccc2)c2cc(Cl)ccc12. The van der Waals surface area contributed by atoms with E-state index in [1.807, 2.05) is 127 Å². The summed E-state index contributed by atoms with van der Waals surface area (Å²) in [5, 5.41) is 1.64. The predicted octanol–water partition coefficient (Wildman–Crippen LogP) is 10.1. The lowest BCUT2D eigenvalue weighted by molar-refractivity contribution is -0.134. The highest BCUT2D eigenvalue weighted by atomic mass is 35.5. The van der Waals surface area contributed by atoms with E-state index in [4.69, 9.17) is 21.1 Å². The summed E-state index contributed by atoms with van der Waals surface area (Å²) in [6.45, 7) is 0. The zero-order valence-electron chi connectivity index (χ0n) is 24.0. The van der Waals surface area contributed by atoms with Gasteiger partial charge in [-0.05, 0) is 53.6 Å². The largest absolute Gasteiger partial charge is 0.424 e. The average Bonchev–Trinajstić information content (AvgIpc) is 3.06. The van der Waals surface area contributed by atoms with Crippen molar-refractivity contribution < 1.29 is 19.1 Å². The Labute approximate surface area is 275 Å². The Morgan fingerprint density at radius 3 is 1.36 bits per heavy atom. The number of carbonyl (C=O) groups is 2. The van der Waals surface area contributed by atoms with Gasteiger partial charge in [0, 0.05) is 25.6 Å². The molecule has 0 spiro atoms. The standard InChI is InChI=1S/C38H27ClO4S2/c39-28-21-22-31-32(25-28)36(43-34(41)24-27-15-7-2-8-16-27)38(45-30-19-11-4-12-20-30)37(44-29-17-9-3-10-18-29)35(31)42-33(40)23-26-13-5-1-6-14-26/h1-22,25H,23-24H2. The molecule has 0 heterocycles. The molecule has 0 aliphatic heterocycles. The molecule has 0 saturated carbocycles. The predicted molar refractivity (Wildman–Crippen MR) is 182 cm³/mol. The van der Waals surface area contributed by atoms with Crippen LogP contribution in [-0.4, -0.2) is 11.9 Å². The molecule has 0 radical (unpaired) electrons. The van der Waals surface area contributed by atoms with E-state index in [1.165, 1.54) is 23.5 Å². The Balaban J connectivity index is 1.54. The maximum atomic E-state index is 13.5. The first-order chi connectivity index (χ1) is 22.0. The molecule has 0 fully saturated rings. The van der Waals surface area contributed by atoms with E-state index >= 15 is 0 Å². The topological polar surface area (TPSA) is 52.6 Å². The lowest BCUT2D eigenvalue weighted by Crippen LogP contribution is -2.14. The molecule has 7 heteroatoms. The van der Waals surface area contributed by atoms with Crippen LogP contribution in [0.4, 0.5) is 0 Å². The number of esters is 2. The summed E-state index contributed by atoms with van der Waals surface area (Å²) < 4.78 is 12.5. The molecule has 0 unspecified atom stereocenters. The summed E-state index contributed by atoms with van der Waals surface area (Å²) in [6.07, 6.45) is 0.188. The summed E-state index contributed by atoms with van der Waals surface area (Å²) >= 11 is 9.44. The fourth-order valence-electron chi connectivity index (χ4n) is 4.78. The second-order valence-corrected chi connectivity index (χ2v) is 12.7. The number of halogens is 1. The van der Waals surface area contributed by atoms with E-state index in [0.29, 0.717) is 37.1 Å². The van der Waals surface area contributed by atoms with E-state index in [-0.39, 0.29) is 12.8 Å². The monoisotopic (exact) mass is 646 g/mol. The van der Waals surface area contributed by atoms with E-state index in [9.17, 15) is 9.59 Å². The summed E-state index contributed by atoms with van der Waals surface area (Å²) in [5.74, 6) is -0.0694. The van der Waals surface area contributed by atoms with Crippen LogP contribution in [0.5, 0.6) is 11.5 Å². The van der Waals surface area contributed by atoms with Crippen molar-refractivity contribution in [1.82, 2.24) is 0 Å². The minimum absolute atomic E-state index is 0.0906. The summed E-state index contributed by atoms with van der Waals surface area (Å²) in [5.41, 5.74) is 1.69. The highest BCUT2D eigenvalue weighted by Crippen LogP contribution is 2.53. The van der Waals surface area contributed by atoms with Crippen LogP contribution in [0, 0.1) is 0 Å². The van der Waals surface area contributed by atoms with Crippen LogP contribution in [0.2, 0.25) is 5.02 Å². The van der Waals surface area contributed by atoms with Crippen molar-refractivity contribution in [3.63, 3.8) is 0 Å². The molecule has 0 bridgehead atoms. The van der Waals surface area contributed by atoms with Gasteiger partial charge in [-0.3, -0.25) is 9.59 Å². The van der Waals surface area contributed by atoms with E-state index < -0.39 is 11.9 Å². The molecular formula is C38H27ClO4S2. The van der Waals surface area contributed by atoms with Gasteiger partial charge in [0.15, 0.2) is 11.5 Å². The number of hydrogen-bond acceptors (Lipinski definition) is 6. The number of hydrogen-bond donors (Lipinski definition) is 0. The fraction of sp³-hybridized carbons (Fsp3) is 0.0526. The first kappa shape index (κ1) is 30.5. The van der Waals surface area contributed by atoms with Gasteiger partial charge in [-0.1, -0.05) is 132 Å². The van der Waals surface area contributed by atoms with Gasteiger partial charge in [0.1, 0.15) is 0 Å². The van der Waals surface area contributed by atoms with Gasteiger partial charge in [-0.25, -0.2) is 0 Å². The van der Waals surface area contributed by atoms with E-state index in [0.717, 1.165) is 20.9 Å². The van der Waals surface area contributed by atoms with Crippen molar-refractivity contribution in [2.24, 2.45) is 0 Å². The lowest BCUT2D eigenvalue weighted by atomic mass is 10.1. The summed E-state index contributed by atoms with van der Waals surface area (Å²) in [4.78, 5) is 30.1. The maximum Gasteiger partial charge on any atom is 0.315 e. The van der Waals surface area contributed by atoms with Gasteiger partial charge >= 0.3 is 11.9 Å². The molecule has 0 aromatic heterocycles. The quantitative estimate of drug-likeness (QED) is 0.109. The van der Waals surface area contributed by atoms with Gasteiger partial charge in [0.05, 0.1) is 22.6 Å². The Morgan fingerprint density at radius 1 is 0.511 bits per heavy atom. The normalized spacial score (nSPS) is 10.9. The van der Waals surface area contributed by atoms with E-state index in [1.54, 1.807) is 12.1 Å². The van der Waals surface area contributed by atoms with Gasteiger partial charge in [-0.2, -0.15) is 0 Å². The maximum absolute atomic E-state index is 13.5. The number of ether oxygens (including phenoxy) is 2. The molecule has 0 N–H and O–H groups in total. The van der Waals surface area contributed by atoms with Gasteiger partial charge in [0.2, 0.25) is 0 Å². The number of benzene rings is 6. The molecule has 0 aliphatic rings. The molecule has 222 valence electrons. The van der Waals surface area contributed by atoms with Crippen molar-refractivity contribution in [2.45, 2.75) is 32.4 Å². The molecule has 45 heavy (non-hydrogen) atoms. The van der Waals surface area contributed by atoms with Crippen LogP contribution in [0.1, 0.15) is 11.1 Å². The number of rotatable bonds is 10. The first-order valence-corrected chi connectivity index (χ1v) is 16.3. The van der Waals surface area contributed by atoms with Crippen LogP contribution >= 0.6 is 35.1 Å². The van der Waals surface area contributed by atoms with Crippen LogP contribution in [0.25, 0.3) is 10.8 Å². The minimum Gasteiger partial charge on any atom is -0.424 e. The van der Waals surface area contributed by atoms with Crippen LogP contribution in [-0.2, 0) is 22.4 Å². The molecule has 4 nitrogen and oxygen atoms in total. The smallest absolute Gasteiger partial charge is 0.315 e. The highest BCUT2D eigenvalue weighted by Gasteiger charge is 2.27. The van der Waals surface area contributed by atoms with Gasteiger partial charge in [0.25, 0.3) is 0 Å². The van der Waals surface area contributed by atoms with Crippen molar-refractivity contribution in [2.75, 3.05) is 0 Å². The molecule has 6 aromatic rings. The second-order valence-electron chi connectivity index (χ2n) is 10.1. The Hall–Kier alpha value is -4.49. The zero-order chi connectivity index (χ0) is 31.0. The molecule has 6 rings (SSSR count). The summed E-state index contributed by atoms with van der Waals surface area (Å²) in [6, 6.07) is 43.9. The van der Waals surface area contributed by atoms with Crippen molar-refractivity contribution in [1.29, 1.82) is 0 Å². The Morgan fingerprint density at radius 2 is 0.911 bits per heavy atom. The highest BCUT2D eigenvalue weighted by molar-refractivity contribution is 8.02. The third kappa shape index (κ3) is 7.78. The van der Waals surface area contributed by atoms with Crippen LogP contribution in [0.15, 0.2) is 159 Å². The van der Waals surface area contributed by atoms with Crippen molar-refractivity contribution in [3.05, 3.63) is 156 Å². The number of carbonyl (C=O) groups excluding carboxylic acids is 2. The third-order valence-corrected chi connectivity index (χ3v) is 9.40. The molecule has 0 saturated heterocycles. The fourth-order valence-corrected chi connectivity index (χ4v) is 7.12. The third-order valence-electron chi connectivity index (χ3n) is 6.83. The van der Waals surface area contributed by atoms with Crippen LogP contribution in [0.3, 0.4) is 0 Å². The van der Waals surface area contributed by atoms with Crippen LogP contribution < -0.4 is 9.47 Å². The summed E-state index contributed by atoms with van der Waals surface area (Å²) in [7, 11) is 0. The second kappa shape index (κ2) is 14.5. The molecule has 0 amide bonds. The van der Waals surface area contributed by atoms with Crippen molar-refractivity contribution in [3.8, 4) is 11.5 Å². The zero-order valence-corrected chi connectivity index (χ0v) is 26.4. The lowest BCUT2D eigenvalue weighted by Gasteiger charge is -2.21. The molecule has 0 atom stereocenters. The molecular weight excluding hydrogens is 620 g/mol. The van der Waals surface area contributed by atoms with Crippen molar-refractivity contribution >= 4 is 57.8 Å². The van der Waals surface area contributed by atoms with Gasteiger partial charge < -0.3 is 9.47 Å². The van der Waals surface area contributed by atoms with E-state index in [2.05, 4.69) is 0 Å². The molecule has 6 aromatic carbocycles. The minimum atomic E-state index is -0.415. The first-order valence-electron chi connectivity index (χ1n) is 14.3. The molecule has 0 aliphatic carbocycles. The Kier molecular flexibility index (Phi) is 9.86.